The van der Waals surface area contributed by atoms with Crippen LogP contribution in [-0.4, -0.2) is 64.0 Å². The topological polar surface area (TPSA) is 46.1 Å². The molecule has 0 saturated carbocycles. The molecular formula is C21H33Cl2N3O2. The second kappa shape index (κ2) is 11.2. The molecule has 1 aromatic carbocycles. The van der Waals surface area contributed by atoms with Crippen LogP contribution >= 0.6 is 23.2 Å². The molecule has 0 amide bonds. The number of halogens is 2. The molecule has 0 radical (unpaired) electrons. The quantitative estimate of drug-likeness (QED) is 0.378. The number of rotatable bonds is 8. The minimum Gasteiger partial charge on any atom is -0.385 e. The zero-order chi connectivity index (χ0) is 20.6. The van der Waals surface area contributed by atoms with Crippen molar-refractivity contribution in [1.82, 2.24) is 10.2 Å². The molecule has 0 aliphatic carbocycles. The van der Waals surface area contributed by atoms with Crippen molar-refractivity contribution in [2.45, 2.75) is 44.6 Å². The summed E-state index contributed by atoms with van der Waals surface area (Å²) in [5, 5.41) is 4.90. The van der Waals surface area contributed by atoms with Gasteiger partial charge in [-0.2, -0.15) is 0 Å². The minimum atomic E-state index is -0.228. The van der Waals surface area contributed by atoms with E-state index < -0.39 is 0 Å². The highest BCUT2D eigenvalue weighted by Gasteiger charge is 2.28. The molecular weight excluding hydrogens is 397 g/mol. The van der Waals surface area contributed by atoms with Crippen LogP contribution in [0.4, 0.5) is 0 Å². The maximum Gasteiger partial charge on any atom is 0.193 e. The SMILES string of the molecule is CN=C(NCC(C)(C)c1c(Cl)cccc1Cl)N1CCC(OCCCOC)CC1. The van der Waals surface area contributed by atoms with Crippen molar-refractivity contribution < 1.29 is 9.47 Å². The fourth-order valence-corrected chi connectivity index (χ4v) is 4.46. The fourth-order valence-electron chi connectivity index (χ4n) is 3.55. The third-order valence-electron chi connectivity index (χ3n) is 5.13. The molecule has 0 aromatic heterocycles. The van der Waals surface area contributed by atoms with Crippen molar-refractivity contribution in [3.8, 4) is 0 Å². The lowest BCUT2D eigenvalue weighted by Gasteiger charge is -2.36. The average molecular weight is 430 g/mol. The summed E-state index contributed by atoms with van der Waals surface area (Å²) in [6.45, 7) is 8.35. The molecule has 0 spiro atoms. The number of guanidine groups is 1. The van der Waals surface area contributed by atoms with Gasteiger partial charge in [0.15, 0.2) is 5.96 Å². The smallest absolute Gasteiger partial charge is 0.193 e. The van der Waals surface area contributed by atoms with Crippen LogP contribution in [0.1, 0.15) is 38.7 Å². The van der Waals surface area contributed by atoms with E-state index in [1.165, 1.54) is 0 Å². The number of piperidine rings is 1. The second-order valence-corrected chi connectivity index (χ2v) is 8.60. The van der Waals surface area contributed by atoms with Crippen molar-refractivity contribution in [2.75, 3.05) is 47.0 Å². The van der Waals surface area contributed by atoms with E-state index in [-0.39, 0.29) is 5.41 Å². The number of nitrogens with zero attached hydrogens (tertiary/aromatic N) is 2. The van der Waals surface area contributed by atoms with Crippen molar-refractivity contribution in [3.63, 3.8) is 0 Å². The van der Waals surface area contributed by atoms with Gasteiger partial charge in [-0.15, -0.1) is 0 Å². The molecule has 1 aliphatic rings. The summed E-state index contributed by atoms with van der Waals surface area (Å²) < 4.78 is 11.0. The Kier molecular flexibility index (Phi) is 9.35. The lowest BCUT2D eigenvalue weighted by atomic mass is 9.84. The Balaban J connectivity index is 1.86. The van der Waals surface area contributed by atoms with Gasteiger partial charge in [0, 0.05) is 62.5 Å². The first-order valence-electron chi connectivity index (χ1n) is 9.89. The van der Waals surface area contributed by atoms with Gasteiger partial charge in [0.1, 0.15) is 0 Å². The number of hydrogen-bond acceptors (Lipinski definition) is 3. The van der Waals surface area contributed by atoms with Gasteiger partial charge < -0.3 is 19.7 Å². The molecule has 7 heteroatoms. The number of nitrogens with one attached hydrogen (secondary N) is 1. The van der Waals surface area contributed by atoms with Crippen molar-refractivity contribution in [1.29, 1.82) is 0 Å². The zero-order valence-corrected chi connectivity index (χ0v) is 18.9. The number of likely N-dealkylation sites (tertiary alicyclic amines) is 1. The van der Waals surface area contributed by atoms with Gasteiger partial charge in [-0.05, 0) is 37.0 Å². The van der Waals surface area contributed by atoms with E-state index in [1.807, 2.05) is 25.2 Å². The number of methoxy groups -OCH3 is 1. The van der Waals surface area contributed by atoms with E-state index in [2.05, 4.69) is 29.1 Å². The molecule has 28 heavy (non-hydrogen) atoms. The van der Waals surface area contributed by atoms with E-state index in [0.29, 0.717) is 22.7 Å². The highest BCUT2D eigenvalue weighted by Crippen LogP contribution is 2.35. The minimum absolute atomic E-state index is 0.228. The summed E-state index contributed by atoms with van der Waals surface area (Å²) >= 11 is 12.8. The van der Waals surface area contributed by atoms with E-state index in [1.54, 1.807) is 7.11 Å². The van der Waals surface area contributed by atoms with Crippen LogP contribution in [0.2, 0.25) is 10.0 Å². The van der Waals surface area contributed by atoms with E-state index in [4.69, 9.17) is 32.7 Å². The molecule has 158 valence electrons. The highest BCUT2D eigenvalue weighted by molar-refractivity contribution is 6.36. The first-order chi connectivity index (χ1) is 13.4. The normalized spacial score (nSPS) is 16.5. The molecule has 2 rings (SSSR count). The van der Waals surface area contributed by atoms with Gasteiger partial charge in [-0.25, -0.2) is 0 Å². The summed E-state index contributed by atoms with van der Waals surface area (Å²) in [6.07, 6.45) is 3.28. The van der Waals surface area contributed by atoms with Gasteiger partial charge >= 0.3 is 0 Å². The molecule has 1 N–H and O–H groups in total. The molecule has 1 aromatic rings. The Morgan fingerprint density at radius 3 is 2.43 bits per heavy atom. The third-order valence-corrected chi connectivity index (χ3v) is 5.76. The summed E-state index contributed by atoms with van der Waals surface area (Å²) in [5.41, 5.74) is 0.734. The predicted molar refractivity (Wildman–Crippen MR) is 118 cm³/mol. The number of ether oxygens (including phenoxy) is 2. The van der Waals surface area contributed by atoms with Crippen LogP contribution in [0, 0.1) is 0 Å². The highest BCUT2D eigenvalue weighted by atomic mass is 35.5. The van der Waals surface area contributed by atoms with Crippen molar-refractivity contribution in [2.24, 2.45) is 4.99 Å². The molecule has 1 fully saturated rings. The lowest BCUT2D eigenvalue weighted by Crippen LogP contribution is -2.49. The Bertz CT molecular complexity index is 624. The summed E-state index contributed by atoms with van der Waals surface area (Å²) in [5.74, 6) is 0.911. The van der Waals surface area contributed by atoms with Crippen LogP contribution < -0.4 is 5.32 Å². The van der Waals surface area contributed by atoms with Crippen LogP contribution in [0.5, 0.6) is 0 Å². The summed E-state index contributed by atoms with van der Waals surface area (Å²) in [6, 6.07) is 5.64. The van der Waals surface area contributed by atoms with Crippen molar-refractivity contribution in [3.05, 3.63) is 33.8 Å². The summed E-state index contributed by atoms with van der Waals surface area (Å²) in [7, 11) is 3.54. The van der Waals surface area contributed by atoms with Gasteiger partial charge in [-0.1, -0.05) is 43.1 Å². The molecule has 5 nitrogen and oxygen atoms in total. The van der Waals surface area contributed by atoms with Crippen LogP contribution in [0.3, 0.4) is 0 Å². The molecule has 0 atom stereocenters. The predicted octanol–water partition coefficient (Wildman–Crippen LogP) is 4.36. The van der Waals surface area contributed by atoms with Crippen LogP contribution in [-0.2, 0) is 14.9 Å². The van der Waals surface area contributed by atoms with Crippen LogP contribution in [0.25, 0.3) is 0 Å². The Hall–Kier alpha value is -1.01. The maximum absolute atomic E-state index is 6.41. The van der Waals surface area contributed by atoms with Crippen molar-refractivity contribution >= 4 is 29.2 Å². The molecule has 0 bridgehead atoms. The van der Waals surface area contributed by atoms with E-state index >= 15 is 0 Å². The molecule has 0 unspecified atom stereocenters. The Labute approximate surface area is 179 Å². The lowest BCUT2D eigenvalue weighted by molar-refractivity contribution is 0.00987. The Morgan fingerprint density at radius 1 is 1.21 bits per heavy atom. The maximum atomic E-state index is 6.41. The van der Waals surface area contributed by atoms with Gasteiger partial charge in [-0.3, -0.25) is 4.99 Å². The van der Waals surface area contributed by atoms with E-state index in [9.17, 15) is 0 Å². The van der Waals surface area contributed by atoms with Crippen LogP contribution in [0.15, 0.2) is 23.2 Å². The van der Waals surface area contributed by atoms with Gasteiger partial charge in [0.25, 0.3) is 0 Å². The van der Waals surface area contributed by atoms with Gasteiger partial charge in [0.2, 0.25) is 0 Å². The average Bonchev–Trinajstić information content (AvgIpc) is 2.66. The zero-order valence-electron chi connectivity index (χ0n) is 17.4. The molecule has 1 aliphatic heterocycles. The molecule has 1 heterocycles. The Morgan fingerprint density at radius 2 is 1.86 bits per heavy atom. The van der Waals surface area contributed by atoms with Gasteiger partial charge in [0.05, 0.1) is 6.10 Å². The number of hydrogen-bond donors (Lipinski definition) is 1. The molecule has 1 saturated heterocycles. The number of benzene rings is 1. The third kappa shape index (κ3) is 6.51. The number of aliphatic imine (C=N–C) groups is 1. The standard InChI is InChI=1S/C21H33Cl2N3O2/c1-21(2,19-17(22)7-5-8-18(19)23)15-25-20(24-3)26-11-9-16(10-12-26)28-14-6-13-27-4/h5,7-8,16H,6,9-15H2,1-4H3,(H,24,25). The first-order valence-corrected chi connectivity index (χ1v) is 10.6. The monoisotopic (exact) mass is 429 g/mol. The second-order valence-electron chi connectivity index (χ2n) is 7.78. The summed E-state index contributed by atoms with van der Waals surface area (Å²) in [4.78, 5) is 6.76. The first kappa shape index (κ1) is 23.3. The largest absolute Gasteiger partial charge is 0.385 e. The van der Waals surface area contributed by atoms with E-state index in [0.717, 1.165) is 57.1 Å². The fraction of sp³-hybridized carbons (Fsp3) is 0.667.